The van der Waals surface area contributed by atoms with Gasteiger partial charge in [0.1, 0.15) is 12.1 Å². The van der Waals surface area contributed by atoms with Crippen molar-refractivity contribution in [1.29, 1.82) is 0 Å². The zero-order valence-corrected chi connectivity index (χ0v) is 16.9. The molecule has 0 aromatic carbocycles. The fourth-order valence-electron chi connectivity index (χ4n) is 2.47. The van der Waals surface area contributed by atoms with Gasteiger partial charge in [0, 0.05) is 12.2 Å². The lowest BCUT2D eigenvalue weighted by Gasteiger charge is -2.13. The molecule has 2 aromatic heterocycles. The van der Waals surface area contributed by atoms with Crippen molar-refractivity contribution in [3.63, 3.8) is 0 Å². The minimum atomic E-state index is -0.480. The smallest absolute Gasteiger partial charge is 0.325 e. The second-order valence-corrected chi connectivity index (χ2v) is 7.56. The van der Waals surface area contributed by atoms with Crippen LogP contribution in [0.4, 0.5) is 0 Å². The Morgan fingerprint density at radius 2 is 2.15 bits per heavy atom. The molecule has 2 heterocycles. The van der Waals surface area contributed by atoms with E-state index in [9.17, 15) is 14.4 Å². The van der Waals surface area contributed by atoms with Crippen LogP contribution in [0.2, 0.25) is 0 Å². The number of hydrogen-bond acceptors (Lipinski definition) is 6. The van der Waals surface area contributed by atoms with Crippen LogP contribution in [-0.2, 0) is 20.9 Å². The van der Waals surface area contributed by atoms with Gasteiger partial charge in [0.25, 0.3) is 5.56 Å². The van der Waals surface area contributed by atoms with Crippen molar-refractivity contribution in [2.24, 2.45) is 5.92 Å². The molecule has 0 atom stereocenters. The molecule has 0 bridgehead atoms. The number of ether oxygens (including phenoxy) is 1. The molecule has 0 fully saturated rings. The molecule has 9 heteroatoms. The number of H-pyrrole nitrogens is 1. The van der Waals surface area contributed by atoms with Gasteiger partial charge in [-0.25, -0.2) is 4.98 Å². The third-order valence-electron chi connectivity index (χ3n) is 3.84. The van der Waals surface area contributed by atoms with Gasteiger partial charge in [-0.05, 0) is 32.3 Å². The second-order valence-electron chi connectivity index (χ2n) is 6.62. The first-order chi connectivity index (χ1) is 12.8. The van der Waals surface area contributed by atoms with Gasteiger partial charge in [-0.2, -0.15) is 0 Å². The lowest BCUT2D eigenvalue weighted by Crippen LogP contribution is -2.32. The van der Waals surface area contributed by atoms with E-state index in [4.69, 9.17) is 4.74 Å². The van der Waals surface area contributed by atoms with Crippen molar-refractivity contribution in [1.82, 2.24) is 19.9 Å². The molecule has 0 spiro atoms. The van der Waals surface area contributed by atoms with E-state index in [0.717, 1.165) is 12.1 Å². The van der Waals surface area contributed by atoms with Crippen molar-refractivity contribution >= 4 is 34.7 Å². The largest absolute Gasteiger partial charge is 0.465 e. The molecule has 148 valence electrons. The predicted octanol–water partition coefficient (Wildman–Crippen LogP) is 1.85. The molecule has 2 rings (SSSR count). The minimum Gasteiger partial charge on any atom is -0.465 e. The SMILES string of the molecule is CCOC(=O)CNC(=O)CSc1nc2cc(C)[nH]c2c(=O)n1CCC(C)C. The van der Waals surface area contributed by atoms with Crippen molar-refractivity contribution in [2.75, 3.05) is 18.9 Å². The van der Waals surface area contributed by atoms with Crippen LogP contribution in [0.15, 0.2) is 16.0 Å². The molecule has 27 heavy (non-hydrogen) atoms. The van der Waals surface area contributed by atoms with E-state index in [0.29, 0.717) is 28.7 Å². The van der Waals surface area contributed by atoms with E-state index in [1.54, 1.807) is 11.5 Å². The Balaban J connectivity index is 2.15. The molecule has 0 aliphatic rings. The highest BCUT2D eigenvalue weighted by atomic mass is 32.2. The monoisotopic (exact) mass is 394 g/mol. The first-order valence-electron chi connectivity index (χ1n) is 8.97. The van der Waals surface area contributed by atoms with Gasteiger partial charge in [-0.3, -0.25) is 19.0 Å². The maximum atomic E-state index is 12.8. The summed E-state index contributed by atoms with van der Waals surface area (Å²) in [5.41, 5.74) is 1.79. The second kappa shape index (κ2) is 9.59. The van der Waals surface area contributed by atoms with E-state index >= 15 is 0 Å². The first-order valence-corrected chi connectivity index (χ1v) is 9.95. The van der Waals surface area contributed by atoms with Crippen LogP contribution in [0.25, 0.3) is 11.0 Å². The number of rotatable bonds is 9. The lowest BCUT2D eigenvalue weighted by molar-refractivity contribution is -0.143. The van der Waals surface area contributed by atoms with Crippen molar-refractivity contribution < 1.29 is 14.3 Å². The molecule has 0 aliphatic heterocycles. The number of hydrogen-bond donors (Lipinski definition) is 2. The minimum absolute atomic E-state index is 0.0580. The summed E-state index contributed by atoms with van der Waals surface area (Å²) in [7, 11) is 0. The Morgan fingerprint density at radius 3 is 2.81 bits per heavy atom. The standard InChI is InChI=1S/C18H26N4O4S/c1-5-26-15(24)9-19-14(23)10-27-18-21-13-8-12(4)20-16(13)17(25)22(18)7-6-11(2)3/h8,11,20H,5-7,9-10H2,1-4H3,(H,19,23). The van der Waals surface area contributed by atoms with E-state index in [1.165, 1.54) is 11.8 Å². The highest BCUT2D eigenvalue weighted by Gasteiger charge is 2.15. The Bertz CT molecular complexity index is 872. The van der Waals surface area contributed by atoms with E-state index in [-0.39, 0.29) is 30.4 Å². The first kappa shape index (κ1) is 21.0. The summed E-state index contributed by atoms with van der Waals surface area (Å²) < 4.78 is 6.39. The Labute approximate surface area is 162 Å². The summed E-state index contributed by atoms with van der Waals surface area (Å²) in [6.07, 6.45) is 0.829. The van der Waals surface area contributed by atoms with Gasteiger partial charge < -0.3 is 15.0 Å². The maximum absolute atomic E-state index is 12.8. The summed E-state index contributed by atoms with van der Waals surface area (Å²) in [5, 5.41) is 3.01. The number of carbonyl (C=O) groups excluding carboxylic acids is 2. The molecule has 2 N–H and O–H groups in total. The molecule has 0 aliphatic carbocycles. The number of nitrogens with zero attached hydrogens (tertiary/aromatic N) is 2. The number of esters is 1. The van der Waals surface area contributed by atoms with Crippen LogP contribution in [0.5, 0.6) is 0 Å². The van der Waals surface area contributed by atoms with E-state index in [2.05, 4.69) is 29.1 Å². The number of aryl methyl sites for hydroxylation is 1. The lowest BCUT2D eigenvalue weighted by atomic mass is 10.1. The molecule has 2 aromatic rings. The van der Waals surface area contributed by atoms with Crippen molar-refractivity contribution in [3.8, 4) is 0 Å². The Kier molecular flexibility index (Phi) is 7.46. The van der Waals surface area contributed by atoms with Gasteiger partial charge in [0.2, 0.25) is 5.91 Å². The molecule has 0 saturated heterocycles. The van der Waals surface area contributed by atoms with Gasteiger partial charge in [-0.1, -0.05) is 25.6 Å². The molecule has 1 amide bonds. The van der Waals surface area contributed by atoms with E-state index in [1.807, 2.05) is 13.0 Å². The van der Waals surface area contributed by atoms with Crippen LogP contribution < -0.4 is 10.9 Å². The van der Waals surface area contributed by atoms with Crippen molar-refractivity contribution in [2.45, 2.75) is 45.8 Å². The van der Waals surface area contributed by atoms with Gasteiger partial charge >= 0.3 is 5.97 Å². The number of carbonyl (C=O) groups is 2. The van der Waals surface area contributed by atoms with Gasteiger partial charge in [0.05, 0.1) is 17.9 Å². The van der Waals surface area contributed by atoms with Crippen LogP contribution in [-0.4, -0.2) is 45.3 Å². The number of amides is 1. The molecule has 8 nitrogen and oxygen atoms in total. The number of aromatic nitrogens is 3. The summed E-state index contributed by atoms with van der Waals surface area (Å²) in [6.45, 7) is 8.38. The van der Waals surface area contributed by atoms with Crippen LogP contribution in [0, 0.1) is 12.8 Å². The van der Waals surface area contributed by atoms with Gasteiger partial charge in [0.15, 0.2) is 5.16 Å². The van der Waals surface area contributed by atoms with Crippen LogP contribution >= 0.6 is 11.8 Å². The quantitative estimate of drug-likeness (QED) is 0.382. The highest BCUT2D eigenvalue weighted by molar-refractivity contribution is 7.99. The fourth-order valence-corrected chi connectivity index (χ4v) is 3.32. The zero-order valence-electron chi connectivity index (χ0n) is 16.1. The average Bonchev–Trinajstić information content (AvgIpc) is 2.98. The molecule has 0 saturated carbocycles. The Hall–Kier alpha value is -2.29. The fraction of sp³-hybridized carbons (Fsp3) is 0.556. The molecule has 0 unspecified atom stereocenters. The number of fused-ring (bicyclic) bond motifs is 1. The maximum Gasteiger partial charge on any atom is 0.325 e. The molecular weight excluding hydrogens is 368 g/mol. The van der Waals surface area contributed by atoms with Crippen LogP contribution in [0.3, 0.4) is 0 Å². The normalized spacial score (nSPS) is 11.1. The highest BCUT2D eigenvalue weighted by Crippen LogP contribution is 2.19. The third kappa shape index (κ3) is 5.85. The predicted molar refractivity (Wildman–Crippen MR) is 105 cm³/mol. The number of nitrogens with one attached hydrogen (secondary N) is 2. The van der Waals surface area contributed by atoms with E-state index < -0.39 is 5.97 Å². The van der Waals surface area contributed by atoms with Crippen LogP contribution in [0.1, 0.15) is 32.9 Å². The average molecular weight is 394 g/mol. The summed E-state index contributed by atoms with van der Waals surface area (Å²) in [6, 6.07) is 1.81. The topological polar surface area (TPSA) is 106 Å². The zero-order chi connectivity index (χ0) is 20.0. The molecule has 0 radical (unpaired) electrons. The summed E-state index contributed by atoms with van der Waals surface area (Å²) in [4.78, 5) is 43.7. The third-order valence-corrected chi connectivity index (χ3v) is 4.81. The van der Waals surface area contributed by atoms with Crippen molar-refractivity contribution in [3.05, 3.63) is 22.1 Å². The summed E-state index contributed by atoms with van der Waals surface area (Å²) in [5.74, 6) is -0.304. The number of aromatic amines is 1. The molecular formula is C18H26N4O4S. The Morgan fingerprint density at radius 1 is 1.41 bits per heavy atom. The summed E-state index contributed by atoms with van der Waals surface area (Å²) >= 11 is 1.18. The number of thioether (sulfide) groups is 1. The van der Waals surface area contributed by atoms with Gasteiger partial charge in [-0.15, -0.1) is 0 Å².